The number of pyridine rings is 1. The van der Waals surface area contributed by atoms with Gasteiger partial charge in [0, 0.05) is 24.2 Å². The van der Waals surface area contributed by atoms with Gasteiger partial charge in [0.1, 0.15) is 5.82 Å². The largest absolute Gasteiger partial charge is 0.329 e. The van der Waals surface area contributed by atoms with Gasteiger partial charge in [0.15, 0.2) is 5.82 Å². The summed E-state index contributed by atoms with van der Waals surface area (Å²) in [5, 5.41) is 8.69. The number of aromatic amines is 1. The molecule has 1 N–H and O–H groups in total. The van der Waals surface area contributed by atoms with Crippen LogP contribution in [-0.4, -0.2) is 37.1 Å². The van der Waals surface area contributed by atoms with Crippen LogP contribution in [0.5, 0.6) is 0 Å². The minimum Gasteiger partial charge on any atom is -0.329 e. The number of nitrogens with one attached hydrogen (secondary N) is 1. The van der Waals surface area contributed by atoms with Crippen LogP contribution in [0.4, 0.5) is 0 Å². The first-order chi connectivity index (χ1) is 12.0. The summed E-state index contributed by atoms with van der Waals surface area (Å²) < 4.78 is 2.21. The molecular weight excluding hydrogens is 318 g/mol. The molecule has 0 saturated heterocycles. The van der Waals surface area contributed by atoms with Crippen LogP contribution in [0.1, 0.15) is 79.2 Å². The van der Waals surface area contributed by atoms with Crippen molar-refractivity contribution in [1.29, 1.82) is 0 Å². The Labute approximate surface area is 146 Å². The summed E-state index contributed by atoms with van der Waals surface area (Å²) in [7, 11) is 0. The third kappa shape index (κ3) is 2.77. The molecule has 1 saturated carbocycles. The van der Waals surface area contributed by atoms with E-state index in [1.54, 1.807) is 6.07 Å². The van der Waals surface area contributed by atoms with Crippen molar-refractivity contribution in [2.75, 3.05) is 6.54 Å². The van der Waals surface area contributed by atoms with Crippen LogP contribution in [0, 0.1) is 0 Å². The first-order valence-corrected chi connectivity index (χ1v) is 8.92. The second-order valence-electron chi connectivity index (χ2n) is 7.46. The average Bonchev–Trinajstić information content (AvgIpc) is 3.33. The van der Waals surface area contributed by atoms with Gasteiger partial charge in [-0.25, -0.2) is 0 Å². The van der Waals surface area contributed by atoms with Gasteiger partial charge in [-0.2, -0.15) is 0 Å². The van der Waals surface area contributed by atoms with Crippen molar-refractivity contribution >= 4 is 5.91 Å². The lowest BCUT2D eigenvalue weighted by atomic mass is 10.0. The van der Waals surface area contributed by atoms with E-state index < -0.39 is 0 Å². The fraction of sp³-hybridized carbons (Fsp3) is 0.556. The summed E-state index contributed by atoms with van der Waals surface area (Å²) >= 11 is 0. The molecule has 3 heterocycles. The first kappa shape index (κ1) is 16.1. The highest BCUT2D eigenvalue weighted by Crippen LogP contribution is 2.41. The van der Waals surface area contributed by atoms with Crippen molar-refractivity contribution in [3.63, 3.8) is 0 Å². The van der Waals surface area contributed by atoms with Gasteiger partial charge in [-0.1, -0.05) is 13.8 Å². The Morgan fingerprint density at radius 2 is 2.04 bits per heavy atom. The molecule has 0 aromatic carbocycles. The molecule has 1 atom stereocenters. The average molecular weight is 341 g/mol. The van der Waals surface area contributed by atoms with E-state index in [4.69, 9.17) is 0 Å². The predicted molar refractivity (Wildman–Crippen MR) is 92.6 cm³/mol. The van der Waals surface area contributed by atoms with Gasteiger partial charge < -0.3 is 14.5 Å². The highest BCUT2D eigenvalue weighted by molar-refractivity contribution is 5.95. The van der Waals surface area contributed by atoms with E-state index in [0.29, 0.717) is 30.3 Å². The third-order valence-corrected chi connectivity index (χ3v) is 5.04. The maximum Gasteiger partial charge on any atom is 0.256 e. The summed E-state index contributed by atoms with van der Waals surface area (Å²) in [4.78, 5) is 29.4. The highest BCUT2D eigenvalue weighted by Gasteiger charge is 2.36. The minimum absolute atomic E-state index is 0.0611. The molecule has 2 aliphatic rings. The maximum atomic E-state index is 13.1. The van der Waals surface area contributed by atoms with Gasteiger partial charge in [-0.3, -0.25) is 9.59 Å². The Morgan fingerprint density at radius 3 is 2.72 bits per heavy atom. The summed E-state index contributed by atoms with van der Waals surface area (Å²) in [6, 6.07) is 3.21. The first-order valence-electron chi connectivity index (χ1n) is 8.92. The lowest BCUT2D eigenvalue weighted by Gasteiger charge is -2.33. The van der Waals surface area contributed by atoms with Crippen molar-refractivity contribution in [1.82, 2.24) is 24.6 Å². The van der Waals surface area contributed by atoms with Crippen molar-refractivity contribution in [3.05, 3.63) is 45.4 Å². The van der Waals surface area contributed by atoms with E-state index in [9.17, 15) is 9.59 Å². The van der Waals surface area contributed by atoms with Crippen molar-refractivity contribution in [2.24, 2.45) is 0 Å². The molecule has 1 aliphatic carbocycles. The normalized spacial score (nSPS) is 20.0. The molecule has 0 spiro atoms. The fourth-order valence-electron chi connectivity index (χ4n) is 3.64. The van der Waals surface area contributed by atoms with Crippen LogP contribution in [0.15, 0.2) is 16.9 Å². The Balaban J connectivity index is 1.65. The van der Waals surface area contributed by atoms with E-state index in [-0.39, 0.29) is 23.4 Å². The van der Waals surface area contributed by atoms with Crippen LogP contribution in [0.2, 0.25) is 0 Å². The van der Waals surface area contributed by atoms with Crippen LogP contribution in [-0.2, 0) is 6.54 Å². The smallest absolute Gasteiger partial charge is 0.256 e. The number of hydrogen-bond acceptors (Lipinski definition) is 4. The van der Waals surface area contributed by atoms with E-state index >= 15 is 0 Å². The molecule has 1 amide bonds. The van der Waals surface area contributed by atoms with Crippen LogP contribution >= 0.6 is 0 Å². The molecule has 25 heavy (non-hydrogen) atoms. The van der Waals surface area contributed by atoms with E-state index in [1.165, 1.54) is 18.9 Å². The van der Waals surface area contributed by atoms with E-state index in [2.05, 4.69) is 26.7 Å². The predicted octanol–water partition coefficient (Wildman–Crippen LogP) is 2.18. The molecule has 2 aromatic heterocycles. The number of carbonyl (C=O) groups excluding carboxylic acids is 1. The number of hydrogen-bond donors (Lipinski definition) is 1. The summed E-state index contributed by atoms with van der Waals surface area (Å²) in [5.74, 6) is 2.47. The van der Waals surface area contributed by atoms with Crippen LogP contribution in [0.25, 0.3) is 0 Å². The van der Waals surface area contributed by atoms with Crippen LogP contribution < -0.4 is 5.56 Å². The second-order valence-corrected chi connectivity index (χ2v) is 7.46. The zero-order chi connectivity index (χ0) is 17.7. The Hall–Kier alpha value is -2.44. The van der Waals surface area contributed by atoms with Crippen molar-refractivity contribution in [2.45, 2.75) is 58.0 Å². The number of amides is 1. The molecule has 0 radical (unpaired) electrons. The molecule has 2 aromatic rings. The molecule has 0 unspecified atom stereocenters. The standard InChI is InChI=1S/C18H23N5O2/c1-10(2)16-13(6-7-15(24)19-16)18(25)22-8-11(3)23-14(9-22)20-21-17(23)12-4-5-12/h6-7,10-12H,4-5,8-9H2,1-3H3,(H,19,24)/t11-/m0/s1. The number of fused-ring (bicyclic) bond motifs is 1. The SMILES string of the molecule is CC(C)c1[nH]c(=O)ccc1C(=O)N1Cc2nnc(C3CC3)n2[C@@H](C)C1. The third-order valence-electron chi connectivity index (χ3n) is 5.04. The van der Waals surface area contributed by atoms with Gasteiger partial charge in [-0.15, -0.1) is 10.2 Å². The van der Waals surface area contributed by atoms with Gasteiger partial charge in [0.2, 0.25) is 5.56 Å². The number of aromatic nitrogens is 4. The molecule has 132 valence electrons. The number of nitrogens with zero attached hydrogens (tertiary/aromatic N) is 4. The molecule has 7 nitrogen and oxygen atoms in total. The molecule has 7 heteroatoms. The highest BCUT2D eigenvalue weighted by atomic mass is 16.2. The van der Waals surface area contributed by atoms with Gasteiger partial charge in [0.25, 0.3) is 5.91 Å². The molecule has 1 aliphatic heterocycles. The molecule has 1 fully saturated rings. The van der Waals surface area contributed by atoms with E-state index in [1.807, 2.05) is 18.7 Å². The second kappa shape index (κ2) is 5.82. The Kier molecular flexibility index (Phi) is 3.74. The van der Waals surface area contributed by atoms with Crippen molar-refractivity contribution < 1.29 is 4.79 Å². The van der Waals surface area contributed by atoms with Gasteiger partial charge in [0.05, 0.1) is 18.2 Å². The maximum absolute atomic E-state index is 13.1. The number of H-pyrrole nitrogens is 1. The molecule has 0 bridgehead atoms. The number of rotatable bonds is 3. The van der Waals surface area contributed by atoms with E-state index in [0.717, 1.165) is 11.6 Å². The fourth-order valence-corrected chi connectivity index (χ4v) is 3.64. The lowest BCUT2D eigenvalue weighted by Crippen LogP contribution is -2.41. The Morgan fingerprint density at radius 1 is 1.28 bits per heavy atom. The molecular formula is C18H23N5O2. The van der Waals surface area contributed by atoms with Crippen LogP contribution in [0.3, 0.4) is 0 Å². The van der Waals surface area contributed by atoms with Crippen molar-refractivity contribution in [3.8, 4) is 0 Å². The quantitative estimate of drug-likeness (QED) is 0.927. The summed E-state index contributed by atoms with van der Waals surface area (Å²) in [6.07, 6.45) is 2.37. The number of carbonyl (C=O) groups is 1. The summed E-state index contributed by atoms with van der Waals surface area (Å²) in [6.45, 7) is 7.13. The summed E-state index contributed by atoms with van der Waals surface area (Å²) in [5.41, 5.74) is 1.08. The monoisotopic (exact) mass is 341 g/mol. The Bertz CT molecular complexity index is 878. The minimum atomic E-state index is -0.180. The topological polar surface area (TPSA) is 83.9 Å². The zero-order valence-electron chi connectivity index (χ0n) is 14.8. The lowest BCUT2D eigenvalue weighted by molar-refractivity contribution is 0.0677. The van der Waals surface area contributed by atoms with Gasteiger partial charge in [-0.05, 0) is 31.7 Å². The van der Waals surface area contributed by atoms with Gasteiger partial charge >= 0.3 is 0 Å². The molecule has 4 rings (SSSR count). The zero-order valence-corrected chi connectivity index (χ0v) is 14.8.